The van der Waals surface area contributed by atoms with Gasteiger partial charge >= 0.3 is 5.97 Å². The highest BCUT2D eigenvalue weighted by Crippen LogP contribution is 2.24. The highest BCUT2D eigenvalue weighted by atomic mass is 32.2. The first kappa shape index (κ1) is 19.4. The summed E-state index contributed by atoms with van der Waals surface area (Å²) in [5, 5.41) is 6.22. The molecule has 0 unspecified atom stereocenters. The van der Waals surface area contributed by atoms with Crippen molar-refractivity contribution in [1.82, 2.24) is 14.5 Å². The van der Waals surface area contributed by atoms with E-state index < -0.39 is 16.0 Å². The van der Waals surface area contributed by atoms with Crippen LogP contribution in [0.1, 0.15) is 28.5 Å². The number of aryl methyl sites for hydroxylation is 2. The van der Waals surface area contributed by atoms with Gasteiger partial charge in [-0.25, -0.2) is 13.2 Å². The largest absolute Gasteiger partial charge is 0.462 e. The molecule has 146 valence electrons. The molecule has 1 aliphatic rings. The van der Waals surface area contributed by atoms with Gasteiger partial charge in [-0.05, 0) is 38.5 Å². The molecule has 1 aliphatic heterocycles. The Morgan fingerprint density at radius 2 is 1.93 bits per heavy atom. The number of rotatable bonds is 5. The minimum atomic E-state index is -3.89. The van der Waals surface area contributed by atoms with Gasteiger partial charge in [0.25, 0.3) is 10.0 Å². The molecule has 3 rings (SSSR count). The maximum atomic E-state index is 13.0. The summed E-state index contributed by atoms with van der Waals surface area (Å²) in [6.07, 6.45) is 0. The van der Waals surface area contributed by atoms with Gasteiger partial charge in [-0.3, -0.25) is 5.10 Å². The smallest absolute Gasteiger partial charge is 0.343 e. The predicted octanol–water partition coefficient (Wildman–Crippen LogP) is 1.71. The molecule has 8 nitrogen and oxygen atoms in total. The second-order valence-electron chi connectivity index (χ2n) is 6.48. The average Bonchev–Trinajstić information content (AvgIpc) is 3.04. The van der Waals surface area contributed by atoms with Crippen molar-refractivity contribution < 1.29 is 17.9 Å². The SMILES string of the molecule is CCOC(=O)c1c(S(=O)(=O)N2CCN(c3cccc(C)c3)CC2)n[nH]c1C. The Labute approximate surface area is 159 Å². The molecule has 0 aliphatic carbocycles. The van der Waals surface area contributed by atoms with Gasteiger partial charge in [0, 0.05) is 37.6 Å². The number of sulfonamides is 1. The summed E-state index contributed by atoms with van der Waals surface area (Å²) in [5.41, 5.74) is 2.60. The third-order valence-electron chi connectivity index (χ3n) is 4.58. The molecule has 1 aromatic heterocycles. The summed E-state index contributed by atoms with van der Waals surface area (Å²) in [4.78, 5) is 14.3. The summed E-state index contributed by atoms with van der Waals surface area (Å²) in [6.45, 7) is 7.26. The number of H-pyrrole nitrogens is 1. The summed E-state index contributed by atoms with van der Waals surface area (Å²) in [6, 6.07) is 8.13. The van der Waals surface area contributed by atoms with E-state index in [9.17, 15) is 13.2 Å². The molecular weight excluding hydrogens is 368 g/mol. The van der Waals surface area contributed by atoms with Crippen LogP contribution in [0.4, 0.5) is 5.69 Å². The van der Waals surface area contributed by atoms with Crippen LogP contribution in [0.2, 0.25) is 0 Å². The van der Waals surface area contributed by atoms with E-state index in [0.29, 0.717) is 31.9 Å². The summed E-state index contributed by atoms with van der Waals surface area (Å²) < 4.78 is 32.4. The summed E-state index contributed by atoms with van der Waals surface area (Å²) in [7, 11) is -3.89. The van der Waals surface area contributed by atoms with Crippen molar-refractivity contribution in [2.45, 2.75) is 25.8 Å². The maximum absolute atomic E-state index is 13.0. The molecule has 2 heterocycles. The lowest BCUT2D eigenvalue weighted by Gasteiger charge is -2.35. The van der Waals surface area contributed by atoms with Crippen LogP contribution in [0.25, 0.3) is 0 Å². The number of esters is 1. The lowest BCUT2D eigenvalue weighted by atomic mass is 10.2. The van der Waals surface area contributed by atoms with E-state index >= 15 is 0 Å². The van der Waals surface area contributed by atoms with Crippen LogP contribution in [0.15, 0.2) is 29.3 Å². The fourth-order valence-corrected chi connectivity index (χ4v) is 4.71. The zero-order valence-electron chi connectivity index (χ0n) is 15.7. The Morgan fingerprint density at radius 3 is 2.56 bits per heavy atom. The van der Waals surface area contributed by atoms with Crippen LogP contribution >= 0.6 is 0 Å². The third kappa shape index (κ3) is 3.84. The Hall–Kier alpha value is -2.39. The monoisotopic (exact) mass is 392 g/mol. The maximum Gasteiger partial charge on any atom is 0.343 e. The molecular formula is C18H24N4O4S. The van der Waals surface area contributed by atoms with E-state index in [2.05, 4.69) is 21.2 Å². The lowest BCUT2D eigenvalue weighted by molar-refractivity contribution is 0.0520. The van der Waals surface area contributed by atoms with Crippen molar-refractivity contribution in [3.8, 4) is 0 Å². The van der Waals surface area contributed by atoms with Crippen molar-refractivity contribution >= 4 is 21.7 Å². The van der Waals surface area contributed by atoms with E-state index in [0.717, 1.165) is 11.3 Å². The predicted molar refractivity (Wildman–Crippen MR) is 101 cm³/mol. The molecule has 9 heteroatoms. The molecule has 1 saturated heterocycles. The number of ether oxygens (including phenoxy) is 1. The molecule has 0 saturated carbocycles. The van der Waals surface area contributed by atoms with Crippen LogP contribution < -0.4 is 4.90 Å². The third-order valence-corrected chi connectivity index (χ3v) is 6.41. The molecule has 2 aromatic rings. The number of anilines is 1. The van der Waals surface area contributed by atoms with Gasteiger partial charge in [0.2, 0.25) is 5.03 Å². The van der Waals surface area contributed by atoms with Crippen LogP contribution in [-0.2, 0) is 14.8 Å². The Balaban J connectivity index is 1.79. The number of carbonyl (C=O) groups excluding carboxylic acids is 1. The van der Waals surface area contributed by atoms with Gasteiger partial charge in [0.05, 0.1) is 6.61 Å². The number of aromatic nitrogens is 2. The molecule has 1 N–H and O–H groups in total. The number of piperazine rings is 1. The molecule has 0 atom stereocenters. The van der Waals surface area contributed by atoms with E-state index in [1.807, 2.05) is 25.1 Å². The minimum Gasteiger partial charge on any atom is -0.462 e. The van der Waals surface area contributed by atoms with E-state index in [4.69, 9.17) is 4.74 Å². The number of hydrogen-bond donors (Lipinski definition) is 1. The van der Waals surface area contributed by atoms with Crippen molar-refractivity contribution in [3.05, 3.63) is 41.1 Å². The first-order valence-electron chi connectivity index (χ1n) is 8.88. The van der Waals surface area contributed by atoms with E-state index in [-0.39, 0.29) is 17.2 Å². The molecule has 0 amide bonds. The lowest BCUT2D eigenvalue weighted by Crippen LogP contribution is -2.49. The van der Waals surface area contributed by atoms with Gasteiger partial charge < -0.3 is 9.64 Å². The number of nitrogens with one attached hydrogen (secondary N) is 1. The zero-order chi connectivity index (χ0) is 19.6. The van der Waals surface area contributed by atoms with Crippen LogP contribution in [-0.4, -0.2) is 61.7 Å². The number of nitrogens with zero attached hydrogens (tertiary/aromatic N) is 3. The van der Waals surface area contributed by atoms with Crippen LogP contribution in [0.3, 0.4) is 0 Å². The van der Waals surface area contributed by atoms with Gasteiger partial charge in [0.15, 0.2) is 0 Å². The highest BCUT2D eigenvalue weighted by molar-refractivity contribution is 7.89. The fourth-order valence-electron chi connectivity index (χ4n) is 3.17. The van der Waals surface area contributed by atoms with Crippen LogP contribution in [0.5, 0.6) is 0 Å². The quantitative estimate of drug-likeness (QED) is 0.779. The summed E-state index contributed by atoms with van der Waals surface area (Å²) >= 11 is 0. The number of aromatic amines is 1. The zero-order valence-corrected chi connectivity index (χ0v) is 16.5. The van der Waals surface area contributed by atoms with Gasteiger partial charge in [0.1, 0.15) is 5.56 Å². The molecule has 1 fully saturated rings. The normalized spacial score (nSPS) is 15.7. The highest BCUT2D eigenvalue weighted by Gasteiger charge is 2.35. The second kappa shape index (κ2) is 7.69. The number of carbonyl (C=O) groups is 1. The molecule has 0 radical (unpaired) electrons. The molecule has 0 bridgehead atoms. The van der Waals surface area contributed by atoms with Gasteiger partial charge in [-0.2, -0.15) is 9.40 Å². The van der Waals surface area contributed by atoms with Crippen LogP contribution in [0, 0.1) is 13.8 Å². The number of benzene rings is 1. The number of hydrogen-bond acceptors (Lipinski definition) is 6. The van der Waals surface area contributed by atoms with Gasteiger partial charge in [-0.1, -0.05) is 12.1 Å². The fraction of sp³-hybridized carbons (Fsp3) is 0.444. The first-order valence-corrected chi connectivity index (χ1v) is 10.3. The van der Waals surface area contributed by atoms with Crippen molar-refractivity contribution in [1.29, 1.82) is 0 Å². The molecule has 27 heavy (non-hydrogen) atoms. The Bertz CT molecular complexity index is 931. The Morgan fingerprint density at radius 1 is 1.22 bits per heavy atom. The van der Waals surface area contributed by atoms with Gasteiger partial charge in [-0.15, -0.1) is 0 Å². The first-order chi connectivity index (χ1) is 12.8. The summed E-state index contributed by atoms with van der Waals surface area (Å²) in [5.74, 6) is -0.680. The Kier molecular flexibility index (Phi) is 5.52. The topological polar surface area (TPSA) is 95.6 Å². The van der Waals surface area contributed by atoms with E-state index in [1.165, 1.54) is 4.31 Å². The van der Waals surface area contributed by atoms with Crippen molar-refractivity contribution in [3.63, 3.8) is 0 Å². The average molecular weight is 392 g/mol. The van der Waals surface area contributed by atoms with Crippen molar-refractivity contribution in [2.24, 2.45) is 0 Å². The molecule has 1 aromatic carbocycles. The standard InChI is InChI=1S/C18H24N4O4S/c1-4-26-18(23)16-14(3)19-20-17(16)27(24,25)22-10-8-21(9-11-22)15-7-5-6-13(2)12-15/h5-7,12H,4,8-11H2,1-3H3,(H,19,20). The van der Waals surface area contributed by atoms with E-state index in [1.54, 1.807) is 13.8 Å². The second-order valence-corrected chi connectivity index (χ2v) is 8.33. The molecule has 0 spiro atoms. The minimum absolute atomic E-state index is 0.0158. The van der Waals surface area contributed by atoms with Crippen molar-refractivity contribution in [2.75, 3.05) is 37.7 Å².